The summed E-state index contributed by atoms with van der Waals surface area (Å²) >= 11 is 0. The number of ether oxygens (including phenoxy) is 3. The molecule has 2 aromatic heterocycles. The first-order valence-corrected chi connectivity index (χ1v) is 12.8. The van der Waals surface area contributed by atoms with Crippen LogP contribution < -0.4 is 19.7 Å². The minimum absolute atomic E-state index is 0.150. The highest BCUT2D eigenvalue weighted by atomic mass is 16.5. The number of nitrogens with one attached hydrogen (secondary N) is 1. The van der Waals surface area contributed by atoms with Crippen LogP contribution in [0, 0.1) is 5.92 Å². The standard InChI is InChI=1S/C26H32N6O3/c1-2-18(1)17-34-22-15-29-26(30-16-22)31-19-3-5-21(6-4-19)35-24-14-20(32-9-11-33-12-10-32)13-23-25(24)28-8-7-27-23/h7-8,13-16,18-19,21H,1-6,9-12,17H2,(H,29,30,31)/t19-,21+. The van der Waals surface area contributed by atoms with Gasteiger partial charge < -0.3 is 24.4 Å². The van der Waals surface area contributed by atoms with Crippen molar-refractivity contribution in [2.45, 2.75) is 50.7 Å². The lowest BCUT2D eigenvalue weighted by Crippen LogP contribution is -2.36. The van der Waals surface area contributed by atoms with E-state index in [2.05, 4.69) is 42.3 Å². The average molecular weight is 477 g/mol. The molecule has 0 bridgehead atoms. The smallest absolute Gasteiger partial charge is 0.223 e. The van der Waals surface area contributed by atoms with Gasteiger partial charge in [-0.25, -0.2) is 15.0 Å². The summed E-state index contributed by atoms with van der Waals surface area (Å²) in [4.78, 5) is 20.3. The van der Waals surface area contributed by atoms with Crippen molar-refractivity contribution in [3.63, 3.8) is 0 Å². The first kappa shape index (κ1) is 22.3. The van der Waals surface area contributed by atoms with Crippen LogP contribution in [0.3, 0.4) is 0 Å². The Morgan fingerprint density at radius 1 is 0.914 bits per heavy atom. The molecule has 3 heterocycles. The van der Waals surface area contributed by atoms with Crippen LogP contribution in [0.15, 0.2) is 36.9 Å². The second-order valence-electron chi connectivity index (χ2n) is 9.70. The highest BCUT2D eigenvalue weighted by molar-refractivity contribution is 5.85. The molecule has 3 aliphatic rings. The van der Waals surface area contributed by atoms with E-state index in [1.54, 1.807) is 24.8 Å². The van der Waals surface area contributed by atoms with E-state index in [1.807, 2.05) is 0 Å². The lowest BCUT2D eigenvalue weighted by atomic mass is 9.93. The van der Waals surface area contributed by atoms with E-state index < -0.39 is 0 Å². The maximum absolute atomic E-state index is 6.53. The van der Waals surface area contributed by atoms with Crippen molar-refractivity contribution >= 4 is 22.7 Å². The van der Waals surface area contributed by atoms with Gasteiger partial charge in [0.1, 0.15) is 11.3 Å². The molecule has 3 aromatic rings. The number of fused-ring (bicyclic) bond motifs is 1. The molecular formula is C26H32N6O3. The van der Waals surface area contributed by atoms with Gasteiger partial charge in [0.25, 0.3) is 0 Å². The van der Waals surface area contributed by atoms with Crippen LogP contribution in [0.2, 0.25) is 0 Å². The molecule has 35 heavy (non-hydrogen) atoms. The number of rotatable bonds is 8. The van der Waals surface area contributed by atoms with Gasteiger partial charge >= 0.3 is 0 Å². The molecule has 9 nitrogen and oxygen atoms in total. The lowest BCUT2D eigenvalue weighted by Gasteiger charge is -2.31. The molecular weight excluding hydrogens is 444 g/mol. The Morgan fingerprint density at radius 3 is 2.46 bits per heavy atom. The first-order chi connectivity index (χ1) is 17.3. The number of morpholine rings is 1. The van der Waals surface area contributed by atoms with Crippen molar-refractivity contribution in [1.82, 2.24) is 19.9 Å². The monoisotopic (exact) mass is 476 g/mol. The van der Waals surface area contributed by atoms with Crippen molar-refractivity contribution in [2.24, 2.45) is 5.92 Å². The third kappa shape index (κ3) is 5.56. The molecule has 184 valence electrons. The predicted octanol–water partition coefficient (Wildman–Crippen LogP) is 3.85. The van der Waals surface area contributed by atoms with E-state index in [9.17, 15) is 0 Å². The summed E-state index contributed by atoms with van der Waals surface area (Å²) in [5.41, 5.74) is 2.80. The maximum atomic E-state index is 6.53. The Morgan fingerprint density at radius 2 is 1.69 bits per heavy atom. The van der Waals surface area contributed by atoms with Crippen LogP contribution in [0.5, 0.6) is 11.5 Å². The van der Waals surface area contributed by atoms with E-state index in [4.69, 9.17) is 14.2 Å². The molecule has 0 amide bonds. The van der Waals surface area contributed by atoms with E-state index in [0.717, 1.165) is 92.7 Å². The molecule has 0 atom stereocenters. The SMILES string of the molecule is c1cnc2c(O[C@H]3CC[C@@H](Nc4ncc(OCC5CC5)cn4)CC3)cc(N3CCOCC3)cc2n1. The number of hydrogen-bond donors (Lipinski definition) is 1. The van der Waals surface area contributed by atoms with E-state index in [-0.39, 0.29) is 6.10 Å². The lowest BCUT2D eigenvalue weighted by molar-refractivity contribution is 0.122. The molecule has 1 N–H and O–H groups in total. The van der Waals surface area contributed by atoms with Crippen LogP contribution in [-0.2, 0) is 4.74 Å². The maximum Gasteiger partial charge on any atom is 0.223 e. The Kier molecular flexibility index (Phi) is 6.49. The number of nitrogens with zero attached hydrogens (tertiary/aromatic N) is 5. The van der Waals surface area contributed by atoms with Gasteiger partial charge in [0.15, 0.2) is 5.75 Å². The summed E-state index contributed by atoms with van der Waals surface area (Å²) in [6.07, 6.45) is 13.6. The summed E-state index contributed by atoms with van der Waals surface area (Å²) in [7, 11) is 0. The van der Waals surface area contributed by atoms with Gasteiger partial charge in [-0.2, -0.15) is 0 Å². The fourth-order valence-corrected chi connectivity index (χ4v) is 4.77. The molecule has 2 saturated carbocycles. The second kappa shape index (κ2) is 10.2. The quantitative estimate of drug-likeness (QED) is 0.520. The Bertz CT molecular complexity index is 1130. The zero-order valence-corrected chi connectivity index (χ0v) is 19.9. The molecule has 0 unspecified atom stereocenters. The molecule has 0 spiro atoms. The normalized spacial score (nSPS) is 22.7. The van der Waals surface area contributed by atoms with Gasteiger partial charge in [0.2, 0.25) is 5.95 Å². The minimum Gasteiger partial charge on any atom is -0.490 e. The van der Waals surface area contributed by atoms with Gasteiger partial charge in [-0.1, -0.05) is 0 Å². The summed E-state index contributed by atoms with van der Waals surface area (Å²) in [6.45, 7) is 4.00. The van der Waals surface area contributed by atoms with Gasteiger partial charge in [-0.3, -0.25) is 4.98 Å². The Balaban J connectivity index is 1.06. The van der Waals surface area contributed by atoms with Gasteiger partial charge in [0.05, 0.1) is 43.8 Å². The molecule has 9 heteroatoms. The number of hydrogen-bond acceptors (Lipinski definition) is 9. The first-order valence-electron chi connectivity index (χ1n) is 12.8. The van der Waals surface area contributed by atoms with Crippen LogP contribution in [-0.4, -0.2) is 65.0 Å². The highest BCUT2D eigenvalue weighted by Gasteiger charge is 2.25. The molecule has 1 aliphatic heterocycles. The minimum atomic E-state index is 0.150. The van der Waals surface area contributed by atoms with Crippen molar-refractivity contribution in [2.75, 3.05) is 43.1 Å². The average Bonchev–Trinajstić information content (AvgIpc) is 3.75. The van der Waals surface area contributed by atoms with Crippen molar-refractivity contribution in [1.29, 1.82) is 0 Å². The van der Waals surface area contributed by atoms with Crippen LogP contribution in [0.1, 0.15) is 38.5 Å². The Hall–Kier alpha value is -3.20. The zero-order valence-electron chi connectivity index (χ0n) is 19.9. The zero-order chi connectivity index (χ0) is 23.5. The van der Waals surface area contributed by atoms with Gasteiger partial charge in [-0.05, 0) is 50.5 Å². The van der Waals surface area contributed by atoms with Gasteiger partial charge in [0, 0.05) is 43.3 Å². The molecule has 6 rings (SSSR count). The van der Waals surface area contributed by atoms with E-state index in [0.29, 0.717) is 12.0 Å². The fourth-order valence-electron chi connectivity index (χ4n) is 4.77. The third-order valence-electron chi connectivity index (χ3n) is 7.01. The third-order valence-corrected chi connectivity index (χ3v) is 7.01. The predicted molar refractivity (Wildman–Crippen MR) is 133 cm³/mol. The number of benzene rings is 1. The summed E-state index contributed by atoms with van der Waals surface area (Å²) in [5, 5.41) is 3.48. The molecule has 1 saturated heterocycles. The molecule has 0 radical (unpaired) electrons. The molecule has 3 fully saturated rings. The molecule has 2 aliphatic carbocycles. The van der Waals surface area contributed by atoms with E-state index in [1.165, 1.54) is 12.8 Å². The van der Waals surface area contributed by atoms with E-state index >= 15 is 0 Å². The van der Waals surface area contributed by atoms with Crippen LogP contribution in [0.25, 0.3) is 11.0 Å². The summed E-state index contributed by atoms with van der Waals surface area (Å²) < 4.78 is 17.8. The topological polar surface area (TPSA) is 94.5 Å². The highest BCUT2D eigenvalue weighted by Crippen LogP contribution is 2.33. The second-order valence-corrected chi connectivity index (χ2v) is 9.70. The Labute approximate surface area is 205 Å². The number of aromatic nitrogens is 4. The fraction of sp³-hybridized carbons (Fsp3) is 0.538. The van der Waals surface area contributed by atoms with Crippen LogP contribution >= 0.6 is 0 Å². The van der Waals surface area contributed by atoms with Gasteiger partial charge in [-0.15, -0.1) is 0 Å². The number of anilines is 2. The van der Waals surface area contributed by atoms with Crippen molar-refractivity contribution < 1.29 is 14.2 Å². The summed E-state index contributed by atoms with van der Waals surface area (Å²) in [5.74, 6) is 2.94. The van der Waals surface area contributed by atoms with Crippen molar-refractivity contribution in [3.8, 4) is 11.5 Å². The van der Waals surface area contributed by atoms with Crippen molar-refractivity contribution in [3.05, 3.63) is 36.9 Å². The molecule has 1 aromatic carbocycles. The largest absolute Gasteiger partial charge is 0.490 e. The van der Waals surface area contributed by atoms with Crippen LogP contribution in [0.4, 0.5) is 11.6 Å². The summed E-state index contributed by atoms with van der Waals surface area (Å²) in [6, 6.07) is 4.56.